The lowest BCUT2D eigenvalue weighted by Gasteiger charge is -2.16. The Morgan fingerprint density at radius 1 is 1.36 bits per heavy atom. The second-order valence-corrected chi connectivity index (χ2v) is 7.18. The Bertz CT molecular complexity index is 740. The van der Waals surface area contributed by atoms with Crippen molar-refractivity contribution in [1.29, 1.82) is 0 Å². The quantitative estimate of drug-likeness (QED) is 0.821. The Kier molecular flexibility index (Phi) is 6.87. The van der Waals surface area contributed by atoms with Gasteiger partial charge in [0.15, 0.2) is 5.13 Å². The average Bonchev–Trinajstić information content (AvgIpc) is 3.19. The molecule has 0 spiro atoms. The predicted octanol–water partition coefficient (Wildman–Crippen LogP) is 3.75. The van der Waals surface area contributed by atoms with Crippen LogP contribution in [0.5, 0.6) is 0 Å². The zero-order valence-electron chi connectivity index (χ0n) is 13.5. The van der Waals surface area contributed by atoms with Crippen molar-refractivity contribution in [3.05, 3.63) is 46.5 Å². The van der Waals surface area contributed by atoms with Crippen LogP contribution in [0.3, 0.4) is 0 Å². The number of carbonyl (C=O) groups excluding carboxylic acids is 1. The lowest BCUT2D eigenvalue weighted by atomic mass is 9.95. The highest BCUT2D eigenvalue weighted by atomic mass is 35.5. The molecule has 2 atom stereocenters. The summed E-state index contributed by atoms with van der Waals surface area (Å²) in [4.78, 5) is 17.3. The molecule has 1 fully saturated rings. The van der Waals surface area contributed by atoms with Gasteiger partial charge in [0.05, 0.1) is 0 Å². The largest absolute Gasteiger partial charge is 0.330 e. The lowest BCUT2D eigenvalue weighted by molar-refractivity contribution is -0.120. The van der Waals surface area contributed by atoms with Crippen LogP contribution in [0.25, 0.3) is 0 Å². The number of thiazole rings is 1. The van der Waals surface area contributed by atoms with E-state index in [2.05, 4.69) is 10.3 Å². The minimum absolute atomic E-state index is 0. The van der Waals surface area contributed by atoms with Crippen LogP contribution in [0.2, 0.25) is 0 Å². The summed E-state index contributed by atoms with van der Waals surface area (Å²) >= 11 is 1.30. The first-order chi connectivity index (χ1) is 11.6. The molecule has 0 radical (unpaired) electrons. The fourth-order valence-electron chi connectivity index (χ4n) is 3.16. The first kappa shape index (κ1) is 19.8. The number of rotatable bonds is 5. The number of carbonyl (C=O) groups is 1. The van der Waals surface area contributed by atoms with E-state index in [4.69, 9.17) is 5.73 Å². The summed E-state index contributed by atoms with van der Waals surface area (Å²) in [5.41, 5.74) is 6.11. The van der Waals surface area contributed by atoms with E-state index in [0.717, 1.165) is 30.2 Å². The van der Waals surface area contributed by atoms with Gasteiger partial charge < -0.3 is 11.1 Å². The molecule has 3 rings (SSSR count). The third-order valence-electron chi connectivity index (χ3n) is 4.46. The summed E-state index contributed by atoms with van der Waals surface area (Å²) < 4.78 is 26.6. The van der Waals surface area contributed by atoms with Crippen LogP contribution in [0.1, 0.15) is 29.7 Å². The van der Waals surface area contributed by atoms with Crippen LogP contribution in [-0.4, -0.2) is 17.4 Å². The molecule has 0 aliphatic heterocycles. The molecule has 0 unspecified atom stereocenters. The zero-order valence-corrected chi connectivity index (χ0v) is 15.1. The highest BCUT2D eigenvalue weighted by Crippen LogP contribution is 2.32. The fourth-order valence-corrected chi connectivity index (χ4v) is 4.00. The minimum Gasteiger partial charge on any atom is -0.330 e. The summed E-state index contributed by atoms with van der Waals surface area (Å²) in [7, 11) is 0. The molecule has 25 heavy (non-hydrogen) atoms. The van der Waals surface area contributed by atoms with Gasteiger partial charge in [-0.2, -0.15) is 0 Å². The number of amides is 1. The SMILES string of the molecule is Cl.NC[C@H]1CCC[C@H]1C(=O)Nc1ncc(Cc2ccc(F)cc2F)s1. The van der Waals surface area contributed by atoms with E-state index in [1.165, 1.54) is 23.5 Å². The normalized spacial score (nSPS) is 19.5. The van der Waals surface area contributed by atoms with Gasteiger partial charge in [-0.15, -0.1) is 23.7 Å². The Balaban J connectivity index is 0.00000225. The number of nitrogens with zero attached hydrogens (tertiary/aromatic N) is 1. The number of aromatic nitrogens is 1. The van der Waals surface area contributed by atoms with Gasteiger partial charge in [0, 0.05) is 29.5 Å². The molecule has 1 amide bonds. The second kappa shape index (κ2) is 8.69. The van der Waals surface area contributed by atoms with Crippen molar-refractivity contribution in [2.75, 3.05) is 11.9 Å². The van der Waals surface area contributed by atoms with Gasteiger partial charge >= 0.3 is 0 Å². The van der Waals surface area contributed by atoms with Crippen LogP contribution in [0, 0.1) is 23.5 Å². The molecule has 3 N–H and O–H groups in total. The van der Waals surface area contributed by atoms with Gasteiger partial charge in [0.1, 0.15) is 11.6 Å². The number of halogens is 3. The van der Waals surface area contributed by atoms with Crippen molar-refractivity contribution in [2.24, 2.45) is 17.6 Å². The molecule has 136 valence electrons. The molecule has 8 heteroatoms. The number of nitrogens with one attached hydrogen (secondary N) is 1. The maximum absolute atomic E-state index is 13.7. The molecular weight excluding hydrogens is 368 g/mol. The highest BCUT2D eigenvalue weighted by molar-refractivity contribution is 7.15. The monoisotopic (exact) mass is 387 g/mol. The van der Waals surface area contributed by atoms with Crippen molar-refractivity contribution in [3.8, 4) is 0 Å². The molecule has 1 aromatic carbocycles. The summed E-state index contributed by atoms with van der Waals surface area (Å²) in [5.74, 6) is -1.04. The van der Waals surface area contributed by atoms with E-state index >= 15 is 0 Å². The predicted molar refractivity (Wildman–Crippen MR) is 97.0 cm³/mol. The topological polar surface area (TPSA) is 68.0 Å². The van der Waals surface area contributed by atoms with Crippen molar-refractivity contribution in [3.63, 3.8) is 0 Å². The summed E-state index contributed by atoms with van der Waals surface area (Å²) in [5, 5.41) is 3.34. The van der Waals surface area contributed by atoms with E-state index in [0.29, 0.717) is 23.7 Å². The van der Waals surface area contributed by atoms with Crippen LogP contribution in [-0.2, 0) is 11.2 Å². The molecular formula is C17H20ClF2N3OS. The van der Waals surface area contributed by atoms with E-state index in [-0.39, 0.29) is 30.2 Å². The molecule has 2 aromatic rings. The number of hydrogen-bond acceptors (Lipinski definition) is 4. The Labute approximate surface area is 155 Å². The van der Waals surface area contributed by atoms with Crippen molar-refractivity contribution in [2.45, 2.75) is 25.7 Å². The van der Waals surface area contributed by atoms with Crippen LogP contribution in [0.4, 0.5) is 13.9 Å². The van der Waals surface area contributed by atoms with Crippen molar-refractivity contribution in [1.82, 2.24) is 4.98 Å². The smallest absolute Gasteiger partial charge is 0.229 e. The number of nitrogens with two attached hydrogens (primary N) is 1. The van der Waals surface area contributed by atoms with Gasteiger partial charge in [-0.1, -0.05) is 12.5 Å². The van der Waals surface area contributed by atoms with E-state index in [1.807, 2.05) is 0 Å². The van der Waals surface area contributed by atoms with Gasteiger partial charge in [0.25, 0.3) is 0 Å². The minimum atomic E-state index is -0.598. The molecule has 1 aliphatic rings. The van der Waals surface area contributed by atoms with Crippen LogP contribution in [0.15, 0.2) is 24.4 Å². The average molecular weight is 388 g/mol. The van der Waals surface area contributed by atoms with Gasteiger partial charge in [-0.05, 0) is 36.9 Å². The Morgan fingerprint density at radius 3 is 2.88 bits per heavy atom. The van der Waals surface area contributed by atoms with E-state index in [1.54, 1.807) is 6.20 Å². The van der Waals surface area contributed by atoms with E-state index in [9.17, 15) is 13.6 Å². The van der Waals surface area contributed by atoms with Crippen molar-refractivity contribution < 1.29 is 13.6 Å². The standard InChI is InChI=1S/C17H19F2N3OS.ClH/c18-12-5-4-10(15(19)7-12)6-13-9-21-17(24-13)22-16(23)14-3-1-2-11(14)8-20;/h4-5,7,9,11,14H,1-3,6,8,20H2,(H,21,22,23);1H/t11-,14-;/m1./s1. The Hall–Kier alpha value is -1.57. The van der Waals surface area contributed by atoms with Crippen LogP contribution >= 0.6 is 23.7 Å². The molecule has 0 saturated heterocycles. The third-order valence-corrected chi connectivity index (χ3v) is 5.37. The summed E-state index contributed by atoms with van der Waals surface area (Å²) in [6.07, 6.45) is 4.79. The molecule has 1 heterocycles. The third kappa shape index (κ3) is 4.74. The Morgan fingerprint density at radius 2 is 2.16 bits per heavy atom. The molecule has 4 nitrogen and oxygen atoms in total. The summed E-state index contributed by atoms with van der Waals surface area (Å²) in [6.45, 7) is 0.519. The summed E-state index contributed by atoms with van der Waals surface area (Å²) in [6, 6.07) is 3.52. The second-order valence-electron chi connectivity index (χ2n) is 6.07. The number of benzene rings is 1. The lowest BCUT2D eigenvalue weighted by Crippen LogP contribution is -2.29. The number of anilines is 1. The molecule has 0 bridgehead atoms. The number of hydrogen-bond donors (Lipinski definition) is 2. The van der Waals surface area contributed by atoms with Gasteiger partial charge in [-0.25, -0.2) is 13.8 Å². The first-order valence-corrected chi connectivity index (χ1v) is 8.78. The van der Waals surface area contributed by atoms with Gasteiger partial charge in [0.2, 0.25) is 5.91 Å². The van der Waals surface area contributed by atoms with E-state index < -0.39 is 11.6 Å². The first-order valence-electron chi connectivity index (χ1n) is 7.96. The fraction of sp³-hybridized carbons (Fsp3) is 0.412. The highest BCUT2D eigenvalue weighted by Gasteiger charge is 2.32. The molecule has 1 aliphatic carbocycles. The van der Waals surface area contributed by atoms with Crippen molar-refractivity contribution >= 4 is 34.8 Å². The van der Waals surface area contributed by atoms with Gasteiger partial charge in [-0.3, -0.25) is 4.79 Å². The van der Waals surface area contributed by atoms with Crippen LogP contribution < -0.4 is 11.1 Å². The maximum Gasteiger partial charge on any atom is 0.229 e. The zero-order chi connectivity index (χ0) is 17.1. The maximum atomic E-state index is 13.7. The molecule has 1 aromatic heterocycles. The molecule has 1 saturated carbocycles.